The van der Waals surface area contributed by atoms with Crippen LogP contribution in [-0.2, 0) is 65.4 Å². The van der Waals surface area contributed by atoms with Crippen molar-refractivity contribution in [1.29, 1.82) is 0 Å². The zero-order valence-corrected chi connectivity index (χ0v) is 59.0. The second kappa shape index (κ2) is 60.0. The van der Waals surface area contributed by atoms with Crippen LogP contribution >= 0.6 is 15.6 Å². The van der Waals surface area contributed by atoms with Gasteiger partial charge in [0.2, 0.25) is 0 Å². The summed E-state index contributed by atoms with van der Waals surface area (Å²) in [7, 11) is -9.90. The van der Waals surface area contributed by atoms with Gasteiger partial charge in [-0.1, -0.05) is 292 Å². The van der Waals surface area contributed by atoms with Gasteiger partial charge in [-0.2, -0.15) is 0 Å². The highest BCUT2D eigenvalue weighted by atomic mass is 31.2. The Kier molecular flexibility index (Phi) is 58.7. The lowest BCUT2D eigenvalue weighted by molar-refractivity contribution is -0.161. The predicted molar refractivity (Wildman–Crippen MR) is 354 cm³/mol. The predicted octanol–water partition coefficient (Wildman–Crippen LogP) is 19.5. The van der Waals surface area contributed by atoms with E-state index in [1.54, 1.807) is 0 Å². The van der Waals surface area contributed by atoms with Gasteiger partial charge in [0.15, 0.2) is 12.2 Å². The minimum atomic E-state index is -4.95. The summed E-state index contributed by atoms with van der Waals surface area (Å²) in [5, 5.41) is 10.6. The lowest BCUT2D eigenvalue weighted by Crippen LogP contribution is -2.30. The molecule has 0 aliphatic heterocycles. The Hall–Kier alpha value is -1.94. The maximum absolute atomic E-state index is 13.0. The van der Waals surface area contributed by atoms with Crippen LogP contribution in [0, 0.1) is 17.8 Å². The third-order valence-electron chi connectivity index (χ3n) is 15.9. The molecule has 0 radical (unpaired) electrons. The molecule has 0 aromatic rings. The van der Waals surface area contributed by atoms with E-state index in [-0.39, 0.29) is 25.7 Å². The lowest BCUT2D eigenvalue weighted by Gasteiger charge is -2.21. The second-order valence-electron chi connectivity index (χ2n) is 26.3. The van der Waals surface area contributed by atoms with Crippen molar-refractivity contribution in [3.8, 4) is 0 Å². The number of ether oxygens (including phenoxy) is 4. The second-order valence-corrected chi connectivity index (χ2v) is 29.3. The molecule has 0 heterocycles. The van der Waals surface area contributed by atoms with Gasteiger partial charge in [0.25, 0.3) is 0 Å². The molecule has 0 aromatic heterocycles. The molecule has 3 N–H and O–H groups in total. The van der Waals surface area contributed by atoms with Crippen molar-refractivity contribution in [2.75, 3.05) is 39.6 Å². The molecule has 19 heteroatoms. The Morgan fingerprint density at radius 2 is 0.523 bits per heavy atom. The van der Waals surface area contributed by atoms with Gasteiger partial charge < -0.3 is 33.8 Å². The molecule has 2 unspecified atom stereocenters. The van der Waals surface area contributed by atoms with Crippen LogP contribution in [0.5, 0.6) is 0 Å². The monoisotopic (exact) mass is 1300 g/mol. The van der Waals surface area contributed by atoms with E-state index in [1.165, 1.54) is 154 Å². The molecule has 0 aliphatic rings. The van der Waals surface area contributed by atoms with Crippen LogP contribution in [0.25, 0.3) is 0 Å². The number of unbranched alkanes of at least 4 members (excludes halogenated alkanes) is 35. The lowest BCUT2D eigenvalue weighted by atomic mass is 10.0. The van der Waals surface area contributed by atoms with Gasteiger partial charge in [0.05, 0.1) is 26.4 Å². The van der Waals surface area contributed by atoms with E-state index in [2.05, 4.69) is 48.5 Å². The van der Waals surface area contributed by atoms with Crippen molar-refractivity contribution in [3.63, 3.8) is 0 Å². The Bertz CT molecular complexity index is 1730. The van der Waals surface area contributed by atoms with Crippen LogP contribution in [0.2, 0.25) is 0 Å². The maximum Gasteiger partial charge on any atom is 0.472 e. The molecule has 0 rings (SSSR count). The molecule has 522 valence electrons. The van der Waals surface area contributed by atoms with Crippen LogP contribution in [0.4, 0.5) is 0 Å². The van der Waals surface area contributed by atoms with Crippen LogP contribution in [-0.4, -0.2) is 96.7 Å². The Balaban J connectivity index is 5.25. The van der Waals surface area contributed by atoms with E-state index >= 15 is 0 Å². The largest absolute Gasteiger partial charge is 0.472 e. The number of aliphatic hydroxyl groups excluding tert-OH is 1. The fraction of sp³-hybridized carbons (Fsp3) is 0.942. The number of hydrogen-bond acceptors (Lipinski definition) is 15. The van der Waals surface area contributed by atoms with Crippen LogP contribution in [0.15, 0.2) is 0 Å². The van der Waals surface area contributed by atoms with Gasteiger partial charge in [0, 0.05) is 25.7 Å². The first kappa shape index (κ1) is 86.1. The first-order valence-electron chi connectivity index (χ1n) is 35.8. The summed E-state index contributed by atoms with van der Waals surface area (Å²) in [5.41, 5.74) is 0. The van der Waals surface area contributed by atoms with E-state index < -0.39 is 97.5 Å². The zero-order valence-electron chi connectivity index (χ0n) is 57.2. The Labute approximate surface area is 537 Å². The molecule has 0 aromatic carbocycles. The van der Waals surface area contributed by atoms with Gasteiger partial charge in [-0.05, 0) is 43.4 Å². The number of aliphatic hydroxyl groups is 1. The highest BCUT2D eigenvalue weighted by Gasteiger charge is 2.30. The Morgan fingerprint density at radius 1 is 0.307 bits per heavy atom. The number of phosphoric acid groups is 2. The van der Waals surface area contributed by atoms with Crippen molar-refractivity contribution in [1.82, 2.24) is 0 Å². The van der Waals surface area contributed by atoms with E-state index in [9.17, 15) is 43.2 Å². The highest BCUT2D eigenvalue weighted by Crippen LogP contribution is 2.45. The van der Waals surface area contributed by atoms with Gasteiger partial charge in [-0.3, -0.25) is 37.3 Å². The SMILES string of the molecule is CCCCCCCCCCCCC(=O)OC[C@H](COP(=O)(O)OC[C@H](O)COP(=O)(O)OC[C@@H](COC(=O)CCCCCCCCCCCCC(C)C)OC(=O)CCCCCCCCCCCCCC(C)C)OC(=O)CCCCCCCCCCC(C)C. The molecule has 0 saturated carbocycles. The number of carbonyl (C=O) groups excluding carboxylic acids is 4. The fourth-order valence-corrected chi connectivity index (χ4v) is 11.9. The number of hydrogen-bond donors (Lipinski definition) is 3. The number of carbonyl (C=O) groups is 4. The Morgan fingerprint density at radius 3 is 0.773 bits per heavy atom. The third kappa shape index (κ3) is 62.8. The van der Waals surface area contributed by atoms with Crippen LogP contribution in [0.1, 0.15) is 344 Å². The number of esters is 4. The molecule has 0 saturated heterocycles. The first-order chi connectivity index (χ1) is 42.2. The van der Waals surface area contributed by atoms with E-state index in [1.807, 2.05) is 0 Å². The van der Waals surface area contributed by atoms with Crippen molar-refractivity contribution in [2.24, 2.45) is 17.8 Å². The molecular formula is C69H134O17P2. The first-order valence-corrected chi connectivity index (χ1v) is 38.8. The van der Waals surface area contributed by atoms with Crippen LogP contribution < -0.4 is 0 Å². The zero-order chi connectivity index (χ0) is 65.2. The molecule has 0 bridgehead atoms. The van der Waals surface area contributed by atoms with Crippen molar-refractivity contribution in [2.45, 2.75) is 362 Å². The number of rotatable bonds is 67. The quantitative estimate of drug-likeness (QED) is 0.0222. The summed E-state index contributed by atoms with van der Waals surface area (Å²) >= 11 is 0. The molecule has 17 nitrogen and oxygen atoms in total. The molecule has 88 heavy (non-hydrogen) atoms. The summed E-state index contributed by atoms with van der Waals surface area (Å²) < 4.78 is 68.2. The molecule has 0 fully saturated rings. The molecule has 0 spiro atoms. The summed E-state index contributed by atoms with van der Waals surface area (Å²) in [6.45, 7) is 11.8. The molecular weight excluding hydrogens is 1160 g/mol. The van der Waals surface area contributed by atoms with Gasteiger partial charge in [-0.25, -0.2) is 9.13 Å². The minimum absolute atomic E-state index is 0.104. The van der Waals surface area contributed by atoms with Crippen molar-refractivity contribution >= 4 is 39.5 Å². The third-order valence-corrected chi connectivity index (χ3v) is 17.8. The topological polar surface area (TPSA) is 237 Å². The van der Waals surface area contributed by atoms with Gasteiger partial charge >= 0.3 is 39.5 Å². The highest BCUT2D eigenvalue weighted by molar-refractivity contribution is 7.47. The normalized spacial score (nSPS) is 14.2. The minimum Gasteiger partial charge on any atom is -0.462 e. The number of phosphoric ester groups is 2. The van der Waals surface area contributed by atoms with Crippen molar-refractivity contribution < 1.29 is 80.2 Å². The molecule has 5 atom stereocenters. The van der Waals surface area contributed by atoms with E-state index in [4.69, 9.17) is 37.0 Å². The van der Waals surface area contributed by atoms with Gasteiger partial charge in [-0.15, -0.1) is 0 Å². The van der Waals surface area contributed by atoms with E-state index in [0.29, 0.717) is 25.7 Å². The summed E-state index contributed by atoms with van der Waals surface area (Å²) in [5.74, 6) is 0.113. The molecule has 0 amide bonds. The van der Waals surface area contributed by atoms with Gasteiger partial charge in [0.1, 0.15) is 19.3 Å². The summed E-state index contributed by atoms with van der Waals surface area (Å²) in [6.07, 6.45) is 43.0. The average molecular weight is 1300 g/mol. The smallest absolute Gasteiger partial charge is 0.462 e. The standard InChI is InChI=1S/C69H134O17P2/c1-8-9-10-11-12-13-21-29-36-43-50-66(71)79-57-65(86-69(74)53-46-39-32-25-24-28-35-42-49-62(6)7)59-84-88(77,78)82-55-63(70)54-81-87(75,76)83-58-64(56-80-67(72)51-44-37-30-22-18-17-20-27-34-41-48-61(4)5)85-68(73)52-45-38-31-23-16-14-15-19-26-33-40-47-60(2)3/h60-65,70H,8-59H2,1-7H3,(H,75,76)(H,77,78)/t63-,64-,65-/m1/s1. The van der Waals surface area contributed by atoms with Crippen molar-refractivity contribution in [3.05, 3.63) is 0 Å². The van der Waals surface area contributed by atoms with Crippen LogP contribution in [0.3, 0.4) is 0 Å². The summed E-state index contributed by atoms with van der Waals surface area (Å²) in [6, 6.07) is 0. The molecule has 0 aliphatic carbocycles. The van der Waals surface area contributed by atoms with E-state index in [0.717, 1.165) is 108 Å². The maximum atomic E-state index is 13.0. The fourth-order valence-electron chi connectivity index (χ4n) is 10.4. The summed E-state index contributed by atoms with van der Waals surface area (Å²) in [4.78, 5) is 72.5. The average Bonchev–Trinajstić information content (AvgIpc) is 3.56.